The molecule has 0 bridgehead atoms. The summed E-state index contributed by atoms with van der Waals surface area (Å²) in [4.78, 5) is 29.6. The lowest BCUT2D eigenvalue weighted by Gasteiger charge is -2.34. The number of carbonyl (C=O) groups excluding carboxylic acids is 2. The molecule has 1 atom stereocenters. The van der Waals surface area contributed by atoms with E-state index >= 15 is 0 Å². The minimum atomic E-state index is -3.85. The molecule has 0 aliphatic heterocycles. The average Bonchev–Trinajstić information content (AvgIpc) is 3.45. The second-order valence-electron chi connectivity index (χ2n) is 10.9. The standard InChI is InChI=1S/C32H38ClN3O4S/c1-23-13-16-26(17-14-23)21-35(31(37)22-36(41(3,39)40)28-18-15-24(2)29(33)20-28)30(19-25-9-5-4-6-10-25)32(38)34-27-11-7-8-12-27/h4-6,9-10,13-18,20,27,30H,7-8,11-12,19,21-22H2,1-3H3,(H,34,38). The summed E-state index contributed by atoms with van der Waals surface area (Å²) in [6.45, 7) is 3.49. The lowest BCUT2D eigenvalue weighted by molar-refractivity contribution is -0.140. The second kappa shape index (κ2) is 13.5. The fourth-order valence-electron chi connectivity index (χ4n) is 5.16. The molecule has 0 spiro atoms. The molecule has 1 saturated carbocycles. The van der Waals surface area contributed by atoms with Crippen LogP contribution < -0.4 is 9.62 Å². The number of anilines is 1. The SMILES string of the molecule is Cc1ccc(CN(C(=O)CN(c2ccc(C)c(Cl)c2)S(C)(=O)=O)C(Cc2ccccc2)C(=O)NC2CCCC2)cc1. The third-order valence-corrected chi connectivity index (χ3v) is 9.12. The van der Waals surface area contributed by atoms with Crippen LogP contribution in [0.5, 0.6) is 0 Å². The molecule has 41 heavy (non-hydrogen) atoms. The van der Waals surface area contributed by atoms with E-state index in [0.29, 0.717) is 17.1 Å². The summed E-state index contributed by atoms with van der Waals surface area (Å²) in [5, 5.41) is 3.58. The van der Waals surface area contributed by atoms with Gasteiger partial charge in [-0.05, 0) is 55.5 Å². The highest BCUT2D eigenvalue weighted by atomic mass is 35.5. The van der Waals surface area contributed by atoms with Crippen molar-refractivity contribution in [2.24, 2.45) is 0 Å². The Kier molecular flexibility index (Phi) is 10.1. The van der Waals surface area contributed by atoms with Crippen LogP contribution in [0.25, 0.3) is 0 Å². The smallest absolute Gasteiger partial charge is 0.244 e. The van der Waals surface area contributed by atoms with Gasteiger partial charge < -0.3 is 10.2 Å². The maximum absolute atomic E-state index is 14.2. The first kappa shape index (κ1) is 30.6. The van der Waals surface area contributed by atoms with Gasteiger partial charge in [0.05, 0.1) is 11.9 Å². The first-order valence-electron chi connectivity index (χ1n) is 13.9. The summed E-state index contributed by atoms with van der Waals surface area (Å²) in [5.74, 6) is -0.708. The number of carbonyl (C=O) groups is 2. The Balaban J connectivity index is 1.72. The Morgan fingerprint density at radius 2 is 1.61 bits per heavy atom. The number of hydrogen-bond acceptors (Lipinski definition) is 4. The highest BCUT2D eigenvalue weighted by molar-refractivity contribution is 7.92. The average molecular weight is 596 g/mol. The Morgan fingerprint density at radius 1 is 0.951 bits per heavy atom. The van der Waals surface area contributed by atoms with E-state index in [2.05, 4.69) is 5.32 Å². The highest BCUT2D eigenvalue weighted by Crippen LogP contribution is 2.26. The third kappa shape index (κ3) is 8.33. The van der Waals surface area contributed by atoms with Crippen LogP contribution in [0.15, 0.2) is 72.8 Å². The normalized spacial score (nSPS) is 14.4. The van der Waals surface area contributed by atoms with Crippen LogP contribution in [0.1, 0.15) is 47.9 Å². The second-order valence-corrected chi connectivity index (χ2v) is 13.2. The van der Waals surface area contributed by atoms with Gasteiger partial charge in [0.2, 0.25) is 21.8 Å². The summed E-state index contributed by atoms with van der Waals surface area (Å²) in [7, 11) is -3.85. The number of amides is 2. The van der Waals surface area contributed by atoms with Gasteiger partial charge in [-0.2, -0.15) is 0 Å². The molecule has 9 heteroatoms. The van der Waals surface area contributed by atoms with E-state index < -0.39 is 28.5 Å². The van der Waals surface area contributed by atoms with Crippen LogP contribution in [0.4, 0.5) is 5.69 Å². The van der Waals surface area contributed by atoms with Crippen molar-refractivity contribution in [2.45, 2.75) is 64.6 Å². The van der Waals surface area contributed by atoms with Crippen molar-refractivity contribution in [3.05, 3.63) is 100 Å². The lowest BCUT2D eigenvalue weighted by Crippen LogP contribution is -2.54. The molecular weight excluding hydrogens is 558 g/mol. The van der Waals surface area contributed by atoms with Gasteiger partial charge in [-0.25, -0.2) is 8.42 Å². The molecule has 2 amide bonds. The highest BCUT2D eigenvalue weighted by Gasteiger charge is 2.34. The predicted octanol–water partition coefficient (Wildman–Crippen LogP) is 5.42. The van der Waals surface area contributed by atoms with E-state index in [4.69, 9.17) is 11.6 Å². The Morgan fingerprint density at radius 3 is 2.22 bits per heavy atom. The van der Waals surface area contributed by atoms with Gasteiger partial charge in [-0.1, -0.05) is 90.7 Å². The van der Waals surface area contributed by atoms with Crippen LogP contribution >= 0.6 is 11.6 Å². The zero-order chi connectivity index (χ0) is 29.6. The molecule has 218 valence electrons. The number of sulfonamides is 1. The quantitative estimate of drug-likeness (QED) is 0.321. The summed E-state index contributed by atoms with van der Waals surface area (Å²) in [6, 6.07) is 21.5. The molecule has 1 aliphatic carbocycles. The number of halogens is 1. The van der Waals surface area contributed by atoms with Gasteiger partial charge in [0.25, 0.3) is 0 Å². The number of nitrogens with one attached hydrogen (secondary N) is 1. The lowest BCUT2D eigenvalue weighted by atomic mass is 10.0. The van der Waals surface area contributed by atoms with E-state index in [1.807, 2.05) is 68.4 Å². The summed E-state index contributed by atoms with van der Waals surface area (Å²) in [6.07, 6.45) is 5.29. The fraction of sp³-hybridized carbons (Fsp3) is 0.375. The molecule has 1 N–H and O–H groups in total. The first-order valence-corrected chi connectivity index (χ1v) is 16.2. The van der Waals surface area contributed by atoms with Crippen molar-refractivity contribution in [1.82, 2.24) is 10.2 Å². The third-order valence-electron chi connectivity index (χ3n) is 7.57. The van der Waals surface area contributed by atoms with E-state index in [1.54, 1.807) is 18.2 Å². The van der Waals surface area contributed by atoms with Crippen molar-refractivity contribution in [2.75, 3.05) is 17.1 Å². The molecule has 3 aromatic carbocycles. The van der Waals surface area contributed by atoms with Crippen molar-refractivity contribution in [3.63, 3.8) is 0 Å². The molecule has 4 rings (SSSR count). The minimum absolute atomic E-state index is 0.0688. The van der Waals surface area contributed by atoms with Crippen LogP contribution in [0.3, 0.4) is 0 Å². The number of nitrogens with zero attached hydrogens (tertiary/aromatic N) is 2. The largest absolute Gasteiger partial charge is 0.352 e. The van der Waals surface area contributed by atoms with Crippen LogP contribution in [-0.4, -0.2) is 50.0 Å². The number of hydrogen-bond donors (Lipinski definition) is 1. The molecule has 3 aromatic rings. The molecule has 0 aromatic heterocycles. The molecule has 1 fully saturated rings. The molecule has 7 nitrogen and oxygen atoms in total. The minimum Gasteiger partial charge on any atom is -0.352 e. The van der Waals surface area contributed by atoms with Gasteiger partial charge in [0.15, 0.2) is 0 Å². The Bertz CT molecular complexity index is 1460. The van der Waals surface area contributed by atoms with Crippen molar-refractivity contribution in [3.8, 4) is 0 Å². The Labute approximate surface area is 248 Å². The zero-order valence-electron chi connectivity index (χ0n) is 23.8. The van der Waals surface area contributed by atoms with Crippen LogP contribution in [-0.2, 0) is 32.6 Å². The van der Waals surface area contributed by atoms with Crippen molar-refractivity contribution < 1.29 is 18.0 Å². The first-order chi connectivity index (χ1) is 19.5. The predicted molar refractivity (Wildman–Crippen MR) is 164 cm³/mol. The zero-order valence-corrected chi connectivity index (χ0v) is 25.4. The molecular formula is C32H38ClN3O4S. The van der Waals surface area contributed by atoms with Crippen LogP contribution in [0.2, 0.25) is 5.02 Å². The van der Waals surface area contributed by atoms with E-state index in [9.17, 15) is 18.0 Å². The van der Waals surface area contributed by atoms with Gasteiger partial charge >= 0.3 is 0 Å². The molecule has 1 aliphatic rings. The summed E-state index contributed by atoms with van der Waals surface area (Å²) >= 11 is 6.32. The van der Waals surface area contributed by atoms with Crippen molar-refractivity contribution in [1.29, 1.82) is 0 Å². The van der Waals surface area contributed by atoms with E-state index in [1.165, 1.54) is 4.90 Å². The molecule has 0 heterocycles. The number of aryl methyl sites for hydroxylation is 2. The topological polar surface area (TPSA) is 86.8 Å². The van der Waals surface area contributed by atoms with Crippen molar-refractivity contribution >= 4 is 39.1 Å². The van der Waals surface area contributed by atoms with E-state index in [-0.39, 0.29) is 18.5 Å². The van der Waals surface area contributed by atoms with Crippen LogP contribution in [0, 0.1) is 13.8 Å². The monoisotopic (exact) mass is 595 g/mol. The molecule has 0 saturated heterocycles. The number of rotatable bonds is 11. The van der Waals surface area contributed by atoms with Gasteiger partial charge in [0.1, 0.15) is 12.6 Å². The maximum atomic E-state index is 14.2. The maximum Gasteiger partial charge on any atom is 0.244 e. The fourth-order valence-corrected chi connectivity index (χ4v) is 6.18. The van der Waals surface area contributed by atoms with Gasteiger partial charge in [-0.3, -0.25) is 13.9 Å². The van der Waals surface area contributed by atoms with Gasteiger partial charge in [0, 0.05) is 24.0 Å². The summed E-state index contributed by atoms with van der Waals surface area (Å²) in [5.41, 5.74) is 3.92. The molecule has 0 radical (unpaired) electrons. The van der Waals surface area contributed by atoms with Gasteiger partial charge in [-0.15, -0.1) is 0 Å². The molecule has 1 unspecified atom stereocenters. The van der Waals surface area contributed by atoms with E-state index in [0.717, 1.165) is 58.5 Å². The summed E-state index contributed by atoms with van der Waals surface area (Å²) < 4.78 is 26.9. The Hall–Kier alpha value is -3.36. The number of benzene rings is 3.